The van der Waals surface area contributed by atoms with Crippen molar-refractivity contribution in [1.82, 2.24) is 0 Å². The molecule has 0 radical (unpaired) electrons. The summed E-state index contributed by atoms with van der Waals surface area (Å²) >= 11 is 0. The minimum Gasteiger partial charge on any atom is -0.478 e. The number of nitrogens with one attached hydrogen (secondary N) is 1. The summed E-state index contributed by atoms with van der Waals surface area (Å²) in [5.74, 6) is -1.34. The van der Waals surface area contributed by atoms with Crippen molar-refractivity contribution >= 4 is 23.3 Å². The van der Waals surface area contributed by atoms with Crippen molar-refractivity contribution in [2.45, 2.75) is 13.0 Å². The third-order valence-electron chi connectivity index (χ3n) is 4.66. The van der Waals surface area contributed by atoms with Gasteiger partial charge in [-0.15, -0.1) is 0 Å². The van der Waals surface area contributed by atoms with Crippen molar-refractivity contribution in [3.05, 3.63) is 59.2 Å². The van der Waals surface area contributed by atoms with Crippen LogP contribution < -0.4 is 10.2 Å². The van der Waals surface area contributed by atoms with Crippen LogP contribution in [0.25, 0.3) is 0 Å². The number of aromatic carboxylic acids is 1. The van der Waals surface area contributed by atoms with E-state index in [9.17, 15) is 14.7 Å². The first kappa shape index (κ1) is 19.9. The number of amides is 1. The number of carboxylic acid groups (broad SMARTS) is 1. The molecule has 148 valence electrons. The first-order valence-electron chi connectivity index (χ1n) is 9.10. The number of hydrogen-bond donors (Lipinski definition) is 2. The van der Waals surface area contributed by atoms with Gasteiger partial charge in [0.2, 0.25) is 0 Å². The lowest BCUT2D eigenvalue weighted by atomic mass is 10.1. The summed E-state index contributed by atoms with van der Waals surface area (Å²) in [7, 11) is 1.87. The Kier molecular flexibility index (Phi) is 6.28. The Labute approximate surface area is 163 Å². The van der Waals surface area contributed by atoms with Gasteiger partial charge in [-0.05, 0) is 36.8 Å². The van der Waals surface area contributed by atoms with Gasteiger partial charge in [-0.3, -0.25) is 4.79 Å². The molecular formula is C21H24N2O5. The van der Waals surface area contributed by atoms with Gasteiger partial charge in [0, 0.05) is 19.2 Å². The Morgan fingerprint density at radius 1 is 1.21 bits per heavy atom. The number of nitrogens with zero attached hydrogens (tertiary/aromatic N) is 1. The van der Waals surface area contributed by atoms with Crippen LogP contribution in [-0.2, 0) is 9.47 Å². The molecular weight excluding hydrogens is 360 g/mol. The van der Waals surface area contributed by atoms with Crippen LogP contribution in [0.4, 0.5) is 11.4 Å². The van der Waals surface area contributed by atoms with Crippen LogP contribution in [0, 0.1) is 6.92 Å². The molecule has 1 heterocycles. The molecule has 7 nitrogen and oxygen atoms in total. The molecule has 1 fully saturated rings. The molecule has 2 N–H and O–H groups in total. The fourth-order valence-corrected chi connectivity index (χ4v) is 3.17. The van der Waals surface area contributed by atoms with Gasteiger partial charge in [0.1, 0.15) is 0 Å². The number of aryl methyl sites for hydroxylation is 1. The number of hydrogen-bond acceptors (Lipinski definition) is 5. The lowest BCUT2D eigenvalue weighted by molar-refractivity contribution is -0.0837. The van der Waals surface area contributed by atoms with Gasteiger partial charge >= 0.3 is 5.97 Å². The van der Waals surface area contributed by atoms with E-state index in [0.29, 0.717) is 43.3 Å². The molecule has 1 saturated heterocycles. The van der Waals surface area contributed by atoms with E-state index in [1.54, 1.807) is 18.2 Å². The number of likely N-dealkylation sites (N-methyl/N-ethyl adjacent to an activating group) is 1. The predicted octanol–water partition coefficient (Wildman–Crippen LogP) is 2.80. The molecule has 2 aromatic carbocycles. The molecule has 1 aliphatic rings. The molecule has 28 heavy (non-hydrogen) atoms. The van der Waals surface area contributed by atoms with Crippen molar-refractivity contribution in [1.29, 1.82) is 0 Å². The number of carbonyl (C=O) groups excluding carboxylic acids is 1. The Morgan fingerprint density at radius 2 is 2.00 bits per heavy atom. The number of carboxylic acids is 1. The van der Waals surface area contributed by atoms with Gasteiger partial charge < -0.3 is 24.8 Å². The topological polar surface area (TPSA) is 88.1 Å². The van der Waals surface area contributed by atoms with Gasteiger partial charge in [0.15, 0.2) is 0 Å². The molecule has 0 bridgehead atoms. The maximum atomic E-state index is 12.8. The molecule has 1 aliphatic heterocycles. The number of ether oxygens (including phenoxy) is 2. The van der Waals surface area contributed by atoms with Crippen LogP contribution in [0.1, 0.15) is 26.3 Å². The number of anilines is 2. The first-order chi connectivity index (χ1) is 13.5. The average molecular weight is 384 g/mol. The maximum absolute atomic E-state index is 12.8. The van der Waals surface area contributed by atoms with Crippen LogP contribution >= 0.6 is 0 Å². The lowest BCUT2D eigenvalue weighted by Crippen LogP contribution is -2.38. The monoisotopic (exact) mass is 384 g/mol. The standard InChI is InChI=1S/C21H24N2O5/c1-14-5-3-4-6-17(14)20(24)22-18-11-15(21(25)26)7-8-19(18)23(2)12-16-13-27-9-10-28-16/h3-8,11,16H,9-10,12-13H2,1-2H3,(H,22,24)(H,25,26). The zero-order valence-electron chi connectivity index (χ0n) is 16.0. The van der Waals surface area contributed by atoms with Gasteiger partial charge in [0.25, 0.3) is 5.91 Å². The third-order valence-corrected chi connectivity index (χ3v) is 4.66. The van der Waals surface area contributed by atoms with E-state index in [4.69, 9.17) is 9.47 Å². The molecule has 1 unspecified atom stereocenters. The summed E-state index contributed by atoms with van der Waals surface area (Å²) < 4.78 is 11.1. The second-order valence-corrected chi connectivity index (χ2v) is 6.75. The Hall–Kier alpha value is -2.90. The summed E-state index contributed by atoms with van der Waals surface area (Å²) in [6.45, 7) is 4.05. The summed E-state index contributed by atoms with van der Waals surface area (Å²) in [4.78, 5) is 26.1. The van der Waals surface area contributed by atoms with E-state index in [2.05, 4.69) is 5.32 Å². The van der Waals surface area contributed by atoms with Crippen LogP contribution in [0.5, 0.6) is 0 Å². The number of benzene rings is 2. The molecule has 0 saturated carbocycles. The van der Waals surface area contributed by atoms with Crippen LogP contribution in [-0.4, -0.2) is 56.5 Å². The summed E-state index contributed by atoms with van der Waals surface area (Å²) in [6.07, 6.45) is -0.0854. The lowest BCUT2D eigenvalue weighted by Gasteiger charge is -2.30. The average Bonchev–Trinajstić information content (AvgIpc) is 2.68. The second kappa shape index (κ2) is 8.86. The van der Waals surface area contributed by atoms with Gasteiger partial charge in [-0.2, -0.15) is 0 Å². The summed E-state index contributed by atoms with van der Waals surface area (Å²) in [6, 6.07) is 11.9. The van der Waals surface area contributed by atoms with E-state index < -0.39 is 5.97 Å². The molecule has 3 rings (SSSR count). The molecule has 0 aromatic heterocycles. The smallest absolute Gasteiger partial charge is 0.335 e. The van der Waals surface area contributed by atoms with Crippen molar-refractivity contribution in [2.75, 3.05) is 43.6 Å². The van der Waals surface area contributed by atoms with Crippen molar-refractivity contribution in [3.63, 3.8) is 0 Å². The van der Waals surface area contributed by atoms with E-state index in [-0.39, 0.29) is 17.6 Å². The van der Waals surface area contributed by atoms with Crippen molar-refractivity contribution < 1.29 is 24.2 Å². The number of carbonyl (C=O) groups is 2. The van der Waals surface area contributed by atoms with Crippen LogP contribution in [0.15, 0.2) is 42.5 Å². The normalized spacial score (nSPS) is 16.4. The zero-order valence-corrected chi connectivity index (χ0v) is 16.0. The largest absolute Gasteiger partial charge is 0.478 e. The second-order valence-electron chi connectivity index (χ2n) is 6.75. The Bertz CT molecular complexity index is 862. The minimum atomic E-state index is -1.05. The Balaban J connectivity index is 1.86. The van der Waals surface area contributed by atoms with Gasteiger partial charge in [-0.1, -0.05) is 18.2 Å². The fourth-order valence-electron chi connectivity index (χ4n) is 3.17. The van der Waals surface area contributed by atoms with Crippen molar-refractivity contribution in [3.8, 4) is 0 Å². The molecule has 1 amide bonds. The molecule has 0 aliphatic carbocycles. The SMILES string of the molecule is Cc1ccccc1C(=O)Nc1cc(C(=O)O)ccc1N(C)CC1COCCO1. The predicted molar refractivity (Wildman–Crippen MR) is 106 cm³/mol. The fraction of sp³-hybridized carbons (Fsp3) is 0.333. The third kappa shape index (κ3) is 4.68. The highest BCUT2D eigenvalue weighted by Gasteiger charge is 2.20. The van der Waals surface area contributed by atoms with Crippen LogP contribution in [0.3, 0.4) is 0 Å². The van der Waals surface area contributed by atoms with Crippen LogP contribution in [0.2, 0.25) is 0 Å². The number of rotatable bonds is 6. The molecule has 2 aromatic rings. The van der Waals surface area contributed by atoms with E-state index in [0.717, 1.165) is 5.56 Å². The van der Waals surface area contributed by atoms with E-state index in [1.165, 1.54) is 12.1 Å². The highest BCUT2D eigenvalue weighted by molar-refractivity contribution is 6.07. The highest BCUT2D eigenvalue weighted by atomic mass is 16.6. The Morgan fingerprint density at radius 3 is 2.68 bits per heavy atom. The first-order valence-corrected chi connectivity index (χ1v) is 9.10. The molecule has 1 atom stereocenters. The quantitative estimate of drug-likeness (QED) is 0.796. The van der Waals surface area contributed by atoms with E-state index >= 15 is 0 Å². The summed E-state index contributed by atoms with van der Waals surface area (Å²) in [5, 5.41) is 12.2. The van der Waals surface area contributed by atoms with E-state index in [1.807, 2.05) is 31.0 Å². The minimum absolute atomic E-state index is 0.0854. The maximum Gasteiger partial charge on any atom is 0.335 e. The molecule has 0 spiro atoms. The zero-order chi connectivity index (χ0) is 20.1. The van der Waals surface area contributed by atoms with Gasteiger partial charge in [0.05, 0.1) is 42.9 Å². The van der Waals surface area contributed by atoms with Crippen molar-refractivity contribution in [2.24, 2.45) is 0 Å². The molecule has 7 heteroatoms. The highest BCUT2D eigenvalue weighted by Crippen LogP contribution is 2.28. The van der Waals surface area contributed by atoms with Gasteiger partial charge in [-0.25, -0.2) is 4.79 Å². The summed E-state index contributed by atoms with van der Waals surface area (Å²) in [5.41, 5.74) is 2.64.